The first-order valence-corrected chi connectivity index (χ1v) is 7.99. The van der Waals surface area contributed by atoms with Crippen LogP contribution >= 0.6 is 27.5 Å². The fourth-order valence-corrected chi connectivity index (χ4v) is 2.40. The van der Waals surface area contributed by atoms with E-state index in [4.69, 9.17) is 16.3 Å². The van der Waals surface area contributed by atoms with Gasteiger partial charge in [-0.1, -0.05) is 31.5 Å². The number of rotatable bonds is 6. The van der Waals surface area contributed by atoms with E-state index in [9.17, 15) is 0 Å². The largest absolute Gasteiger partial charge is 0.454 e. The Morgan fingerprint density at radius 3 is 2.76 bits per heavy atom. The molecule has 3 nitrogen and oxygen atoms in total. The summed E-state index contributed by atoms with van der Waals surface area (Å²) in [5, 5.41) is 3.99. The number of benzene rings is 1. The van der Waals surface area contributed by atoms with E-state index in [-0.39, 0.29) is 0 Å². The van der Waals surface area contributed by atoms with Crippen LogP contribution in [0.4, 0.5) is 0 Å². The maximum absolute atomic E-state index is 6.28. The normalized spacial score (nSPS) is 10.9. The summed E-state index contributed by atoms with van der Waals surface area (Å²) in [6.07, 6.45) is 3.36. The standard InChI is InChI=1S/C16H18BrClN2O/c1-11(2)7-19-8-12-3-4-16(15(18)5-12)21-14-6-13(17)9-20-10-14/h3-6,9-11,19H,7-8H2,1-2H3. The van der Waals surface area contributed by atoms with Gasteiger partial charge in [0, 0.05) is 17.2 Å². The van der Waals surface area contributed by atoms with Crippen LogP contribution in [-0.2, 0) is 6.54 Å². The molecule has 0 radical (unpaired) electrons. The van der Waals surface area contributed by atoms with Gasteiger partial charge in [-0.15, -0.1) is 0 Å². The number of ether oxygens (including phenoxy) is 1. The van der Waals surface area contributed by atoms with Crippen molar-refractivity contribution in [3.05, 3.63) is 51.7 Å². The quantitative estimate of drug-likeness (QED) is 0.775. The van der Waals surface area contributed by atoms with Crippen LogP contribution < -0.4 is 10.1 Å². The van der Waals surface area contributed by atoms with Gasteiger partial charge in [0.25, 0.3) is 0 Å². The molecular weight excluding hydrogens is 352 g/mol. The Balaban J connectivity index is 2.02. The third-order valence-electron chi connectivity index (χ3n) is 2.79. The van der Waals surface area contributed by atoms with Gasteiger partial charge >= 0.3 is 0 Å². The van der Waals surface area contributed by atoms with E-state index in [0.29, 0.717) is 22.4 Å². The van der Waals surface area contributed by atoms with Crippen molar-refractivity contribution in [2.24, 2.45) is 5.92 Å². The monoisotopic (exact) mass is 368 g/mol. The molecule has 0 bridgehead atoms. The molecule has 5 heteroatoms. The zero-order chi connectivity index (χ0) is 15.2. The van der Waals surface area contributed by atoms with E-state index >= 15 is 0 Å². The summed E-state index contributed by atoms with van der Waals surface area (Å²) < 4.78 is 6.61. The molecule has 2 aromatic rings. The van der Waals surface area contributed by atoms with Crippen molar-refractivity contribution in [2.45, 2.75) is 20.4 Å². The maximum Gasteiger partial charge on any atom is 0.146 e. The average Bonchev–Trinajstić information content (AvgIpc) is 2.41. The molecule has 0 atom stereocenters. The number of nitrogens with one attached hydrogen (secondary N) is 1. The van der Waals surface area contributed by atoms with E-state index in [0.717, 1.165) is 23.1 Å². The van der Waals surface area contributed by atoms with Crippen LogP contribution in [0.1, 0.15) is 19.4 Å². The molecule has 0 fully saturated rings. The second-order valence-electron chi connectivity index (χ2n) is 5.23. The zero-order valence-corrected chi connectivity index (χ0v) is 14.4. The predicted molar refractivity (Wildman–Crippen MR) is 90.0 cm³/mol. The van der Waals surface area contributed by atoms with Gasteiger partial charge in [-0.3, -0.25) is 4.98 Å². The highest BCUT2D eigenvalue weighted by molar-refractivity contribution is 9.10. The Bertz CT molecular complexity index is 605. The number of nitrogens with zero attached hydrogens (tertiary/aromatic N) is 1. The first-order chi connectivity index (χ1) is 10.0. The molecule has 0 aliphatic heterocycles. The van der Waals surface area contributed by atoms with Crippen molar-refractivity contribution in [3.8, 4) is 11.5 Å². The highest BCUT2D eigenvalue weighted by Gasteiger charge is 2.05. The summed E-state index contributed by atoms with van der Waals surface area (Å²) >= 11 is 9.64. The summed E-state index contributed by atoms with van der Waals surface area (Å²) in [6, 6.07) is 7.67. The molecule has 112 valence electrons. The van der Waals surface area contributed by atoms with E-state index < -0.39 is 0 Å². The summed E-state index contributed by atoms with van der Waals surface area (Å²) in [5.41, 5.74) is 1.14. The minimum atomic E-state index is 0.596. The Kier molecular flexibility index (Phi) is 6.03. The molecule has 0 saturated carbocycles. The predicted octanol–water partition coefficient (Wildman–Crippen LogP) is 5.04. The molecule has 0 saturated heterocycles. The Morgan fingerprint density at radius 2 is 2.10 bits per heavy atom. The van der Waals surface area contributed by atoms with E-state index in [2.05, 4.69) is 40.1 Å². The van der Waals surface area contributed by atoms with Crippen molar-refractivity contribution < 1.29 is 4.74 Å². The third-order valence-corrected chi connectivity index (χ3v) is 3.51. The van der Waals surface area contributed by atoms with Gasteiger partial charge in [-0.25, -0.2) is 0 Å². The summed E-state index contributed by atoms with van der Waals surface area (Å²) in [6.45, 7) is 6.15. The molecule has 21 heavy (non-hydrogen) atoms. The molecule has 0 aliphatic rings. The minimum absolute atomic E-state index is 0.596. The first kappa shape index (κ1) is 16.3. The number of halogens is 2. The topological polar surface area (TPSA) is 34.1 Å². The molecule has 1 aromatic carbocycles. The van der Waals surface area contributed by atoms with Crippen LogP contribution in [-0.4, -0.2) is 11.5 Å². The summed E-state index contributed by atoms with van der Waals surface area (Å²) in [7, 11) is 0. The Labute approximate surface area is 138 Å². The maximum atomic E-state index is 6.28. The fourth-order valence-electron chi connectivity index (χ4n) is 1.82. The van der Waals surface area contributed by atoms with Crippen LogP contribution in [0, 0.1) is 5.92 Å². The Hall–Kier alpha value is -1.10. The van der Waals surface area contributed by atoms with Gasteiger partial charge in [0.05, 0.1) is 11.2 Å². The minimum Gasteiger partial charge on any atom is -0.454 e. The van der Waals surface area contributed by atoms with E-state index in [1.807, 2.05) is 24.3 Å². The highest BCUT2D eigenvalue weighted by Crippen LogP contribution is 2.30. The lowest BCUT2D eigenvalue weighted by atomic mass is 10.2. The molecule has 2 rings (SSSR count). The smallest absolute Gasteiger partial charge is 0.146 e. The zero-order valence-electron chi connectivity index (χ0n) is 12.1. The molecule has 1 N–H and O–H groups in total. The van der Waals surface area contributed by atoms with Gasteiger partial charge in [0.2, 0.25) is 0 Å². The number of pyridine rings is 1. The lowest BCUT2D eigenvalue weighted by molar-refractivity contribution is 0.479. The molecule has 0 amide bonds. The molecule has 1 heterocycles. The van der Waals surface area contributed by atoms with Crippen LogP contribution in [0.5, 0.6) is 11.5 Å². The van der Waals surface area contributed by atoms with Crippen molar-refractivity contribution in [1.29, 1.82) is 0 Å². The second-order valence-corrected chi connectivity index (χ2v) is 6.55. The SMILES string of the molecule is CC(C)CNCc1ccc(Oc2cncc(Br)c2)c(Cl)c1. The van der Waals surface area contributed by atoms with Gasteiger partial charge in [-0.05, 0) is 52.2 Å². The van der Waals surface area contributed by atoms with E-state index in [1.54, 1.807) is 12.4 Å². The van der Waals surface area contributed by atoms with Crippen LogP contribution in [0.15, 0.2) is 41.1 Å². The highest BCUT2D eigenvalue weighted by atomic mass is 79.9. The average molecular weight is 370 g/mol. The molecule has 0 spiro atoms. The lowest BCUT2D eigenvalue weighted by Gasteiger charge is -2.11. The molecule has 0 unspecified atom stereocenters. The Morgan fingerprint density at radius 1 is 1.29 bits per heavy atom. The van der Waals surface area contributed by atoms with Crippen molar-refractivity contribution >= 4 is 27.5 Å². The third kappa shape index (κ3) is 5.30. The van der Waals surface area contributed by atoms with Crippen LogP contribution in [0.25, 0.3) is 0 Å². The van der Waals surface area contributed by atoms with Crippen LogP contribution in [0.3, 0.4) is 0 Å². The molecule has 0 aliphatic carbocycles. The van der Waals surface area contributed by atoms with Gasteiger partial charge in [0.15, 0.2) is 0 Å². The number of aromatic nitrogens is 1. The molecule has 1 aromatic heterocycles. The van der Waals surface area contributed by atoms with Crippen molar-refractivity contribution in [2.75, 3.05) is 6.54 Å². The number of hydrogen-bond donors (Lipinski definition) is 1. The van der Waals surface area contributed by atoms with Gasteiger partial charge in [0.1, 0.15) is 11.5 Å². The van der Waals surface area contributed by atoms with Gasteiger partial charge < -0.3 is 10.1 Å². The second kappa shape index (κ2) is 7.78. The molecular formula is C16H18BrClN2O. The lowest BCUT2D eigenvalue weighted by Crippen LogP contribution is -2.18. The summed E-state index contributed by atoms with van der Waals surface area (Å²) in [5.74, 6) is 1.91. The van der Waals surface area contributed by atoms with Crippen molar-refractivity contribution in [1.82, 2.24) is 10.3 Å². The van der Waals surface area contributed by atoms with Crippen LogP contribution in [0.2, 0.25) is 5.02 Å². The van der Waals surface area contributed by atoms with Gasteiger partial charge in [-0.2, -0.15) is 0 Å². The van der Waals surface area contributed by atoms with Crippen molar-refractivity contribution in [3.63, 3.8) is 0 Å². The number of hydrogen-bond acceptors (Lipinski definition) is 3. The van der Waals surface area contributed by atoms with E-state index in [1.165, 1.54) is 0 Å². The first-order valence-electron chi connectivity index (χ1n) is 6.82. The fraction of sp³-hybridized carbons (Fsp3) is 0.312. The summed E-state index contributed by atoms with van der Waals surface area (Å²) in [4.78, 5) is 4.06.